The van der Waals surface area contributed by atoms with E-state index in [0.29, 0.717) is 13.1 Å². The monoisotopic (exact) mass is 234 g/mol. The molecule has 1 aromatic rings. The molecule has 0 unspecified atom stereocenters. The molecule has 0 spiro atoms. The molecule has 4 nitrogen and oxygen atoms in total. The van der Waals surface area contributed by atoms with Gasteiger partial charge in [-0.2, -0.15) is 0 Å². The number of rotatable bonds is 5. The summed E-state index contributed by atoms with van der Waals surface area (Å²) in [4.78, 5) is 5.27. The lowest BCUT2D eigenvalue weighted by molar-refractivity contribution is 0.596. The van der Waals surface area contributed by atoms with Crippen LogP contribution in [0.5, 0.6) is 0 Å². The van der Waals surface area contributed by atoms with Crippen LogP contribution in [0.3, 0.4) is 0 Å². The number of hydrogen-bond acceptors (Lipinski definition) is 5. The Hall–Kier alpha value is -0.460. The summed E-state index contributed by atoms with van der Waals surface area (Å²) in [6, 6.07) is 0. The van der Waals surface area contributed by atoms with Gasteiger partial charge in [-0.3, -0.25) is 0 Å². The minimum atomic E-state index is -2.85. The molecule has 0 aliphatic heterocycles. The van der Waals surface area contributed by atoms with E-state index in [9.17, 15) is 8.42 Å². The molecular weight excluding hydrogens is 220 g/mol. The third-order valence-electron chi connectivity index (χ3n) is 1.78. The zero-order chi connectivity index (χ0) is 10.6. The molecule has 0 aliphatic rings. The highest BCUT2D eigenvalue weighted by molar-refractivity contribution is 7.90. The molecule has 80 valence electrons. The van der Waals surface area contributed by atoms with Crippen LogP contribution in [0.2, 0.25) is 0 Å². The van der Waals surface area contributed by atoms with Gasteiger partial charge in [-0.05, 0) is 6.92 Å². The van der Waals surface area contributed by atoms with Crippen LogP contribution in [0, 0.1) is 6.92 Å². The van der Waals surface area contributed by atoms with Gasteiger partial charge in [0.25, 0.3) is 0 Å². The molecule has 14 heavy (non-hydrogen) atoms. The van der Waals surface area contributed by atoms with E-state index in [-0.39, 0.29) is 5.75 Å². The Kier molecular flexibility index (Phi) is 4.03. The molecule has 0 amide bonds. The molecule has 1 heterocycles. The van der Waals surface area contributed by atoms with Crippen LogP contribution in [0.1, 0.15) is 10.6 Å². The maximum Gasteiger partial charge on any atom is 0.148 e. The van der Waals surface area contributed by atoms with E-state index >= 15 is 0 Å². The molecule has 0 saturated heterocycles. The third-order valence-corrected chi connectivity index (χ3v) is 3.66. The van der Waals surface area contributed by atoms with Gasteiger partial charge < -0.3 is 5.32 Å². The van der Waals surface area contributed by atoms with E-state index < -0.39 is 9.84 Å². The number of thiazole rings is 1. The van der Waals surface area contributed by atoms with Gasteiger partial charge in [-0.1, -0.05) is 0 Å². The van der Waals surface area contributed by atoms with Crippen LogP contribution in [0.15, 0.2) is 5.51 Å². The van der Waals surface area contributed by atoms with Crippen molar-refractivity contribution in [1.29, 1.82) is 0 Å². The molecule has 0 aliphatic carbocycles. The van der Waals surface area contributed by atoms with Crippen LogP contribution in [-0.2, 0) is 16.4 Å². The second-order valence-electron chi connectivity index (χ2n) is 3.17. The zero-order valence-electron chi connectivity index (χ0n) is 8.28. The molecule has 1 rings (SSSR count). The lowest BCUT2D eigenvalue weighted by atomic mass is 10.4. The second-order valence-corrected chi connectivity index (χ2v) is 6.37. The quantitative estimate of drug-likeness (QED) is 0.757. The molecule has 0 aromatic carbocycles. The smallest absolute Gasteiger partial charge is 0.148 e. The van der Waals surface area contributed by atoms with Gasteiger partial charge >= 0.3 is 0 Å². The Labute approximate surface area is 88.3 Å². The number of hydrogen-bond donors (Lipinski definition) is 1. The first-order valence-corrected chi connectivity index (χ1v) is 7.20. The molecule has 1 aromatic heterocycles. The highest BCUT2D eigenvalue weighted by Crippen LogP contribution is 2.10. The summed E-state index contributed by atoms with van der Waals surface area (Å²) in [6.07, 6.45) is 1.24. The van der Waals surface area contributed by atoms with Gasteiger partial charge in [0.1, 0.15) is 9.84 Å². The van der Waals surface area contributed by atoms with E-state index in [1.165, 1.54) is 11.1 Å². The third kappa shape index (κ3) is 4.17. The first-order valence-electron chi connectivity index (χ1n) is 4.26. The lowest BCUT2D eigenvalue weighted by Gasteiger charge is -2.01. The predicted molar refractivity (Wildman–Crippen MR) is 58.3 cm³/mol. The minimum Gasteiger partial charge on any atom is -0.311 e. The highest BCUT2D eigenvalue weighted by atomic mass is 32.2. The molecule has 0 atom stereocenters. The van der Waals surface area contributed by atoms with Gasteiger partial charge in [0.05, 0.1) is 17.0 Å². The van der Waals surface area contributed by atoms with Crippen molar-refractivity contribution in [2.24, 2.45) is 0 Å². The number of aryl methyl sites for hydroxylation is 1. The summed E-state index contributed by atoms with van der Waals surface area (Å²) < 4.78 is 21.6. The lowest BCUT2D eigenvalue weighted by Crippen LogP contribution is -2.21. The van der Waals surface area contributed by atoms with E-state index in [1.807, 2.05) is 6.92 Å². The maximum absolute atomic E-state index is 10.8. The number of sulfone groups is 1. The van der Waals surface area contributed by atoms with Crippen LogP contribution >= 0.6 is 11.3 Å². The van der Waals surface area contributed by atoms with Crippen LogP contribution in [0.25, 0.3) is 0 Å². The summed E-state index contributed by atoms with van der Waals surface area (Å²) in [5.41, 5.74) is 2.81. The Balaban J connectivity index is 2.26. The van der Waals surface area contributed by atoms with Crippen molar-refractivity contribution in [2.45, 2.75) is 13.5 Å². The van der Waals surface area contributed by atoms with E-state index in [0.717, 1.165) is 5.69 Å². The summed E-state index contributed by atoms with van der Waals surface area (Å²) >= 11 is 1.58. The van der Waals surface area contributed by atoms with Crippen LogP contribution in [0.4, 0.5) is 0 Å². The van der Waals surface area contributed by atoms with E-state index in [1.54, 1.807) is 16.8 Å². The maximum atomic E-state index is 10.8. The highest BCUT2D eigenvalue weighted by Gasteiger charge is 2.03. The molecule has 6 heteroatoms. The van der Waals surface area contributed by atoms with E-state index in [4.69, 9.17) is 0 Å². The largest absolute Gasteiger partial charge is 0.311 e. The Morgan fingerprint density at radius 1 is 1.57 bits per heavy atom. The topological polar surface area (TPSA) is 59.1 Å². The van der Waals surface area contributed by atoms with Crippen molar-refractivity contribution in [1.82, 2.24) is 10.3 Å². The molecule has 0 saturated carbocycles. The van der Waals surface area contributed by atoms with E-state index in [2.05, 4.69) is 10.3 Å². The van der Waals surface area contributed by atoms with Crippen molar-refractivity contribution in [2.75, 3.05) is 18.6 Å². The first kappa shape index (κ1) is 11.6. The number of nitrogens with zero attached hydrogens (tertiary/aromatic N) is 1. The summed E-state index contributed by atoms with van der Waals surface area (Å²) in [6.45, 7) is 3.15. The van der Waals surface area contributed by atoms with Crippen molar-refractivity contribution in [3.8, 4) is 0 Å². The fourth-order valence-electron chi connectivity index (χ4n) is 0.955. The molecule has 0 radical (unpaired) electrons. The summed E-state index contributed by atoms with van der Waals surface area (Å²) in [7, 11) is -2.85. The average Bonchev–Trinajstić information content (AvgIpc) is 2.44. The predicted octanol–water partition coefficient (Wildman–Crippen LogP) is 0.586. The van der Waals surface area contributed by atoms with Gasteiger partial charge in [0.15, 0.2) is 0 Å². The van der Waals surface area contributed by atoms with Crippen molar-refractivity contribution in [3.63, 3.8) is 0 Å². The van der Waals surface area contributed by atoms with Crippen molar-refractivity contribution in [3.05, 3.63) is 16.1 Å². The summed E-state index contributed by atoms with van der Waals surface area (Å²) in [5.74, 6) is 0.185. The molecule has 0 fully saturated rings. The first-order chi connectivity index (χ1) is 6.49. The van der Waals surface area contributed by atoms with Gasteiger partial charge in [0.2, 0.25) is 0 Å². The van der Waals surface area contributed by atoms with Gasteiger partial charge in [-0.25, -0.2) is 13.4 Å². The van der Waals surface area contributed by atoms with Gasteiger partial charge in [0, 0.05) is 24.2 Å². The molecular formula is C8H14N2O2S2. The second kappa shape index (κ2) is 4.86. The van der Waals surface area contributed by atoms with Crippen molar-refractivity contribution < 1.29 is 8.42 Å². The molecule has 1 N–H and O–H groups in total. The Morgan fingerprint density at radius 3 is 2.79 bits per heavy atom. The van der Waals surface area contributed by atoms with Crippen molar-refractivity contribution >= 4 is 21.2 Å². The Morgan fingerprint density at radius 2 is 2.29 bits per heavy atom. The molecule has 0 bridgehead atoms. The standard InChI is InChI=1S/C8H14N2O2S2/c1-7-8(13-6-10-7)5-9-3-4-14(2,11)12/h6,9H,3-5H2,1-2H3. The van der Waals surface area contributed by atoms with Gasteiger partial charge in [-0.15, -0.1) is 11.3 Å². The normalized spacial score (nSPS) is 11.9. The zero-order valence-corrected chi connectivity index (χ0v) is 9.91. The fourth-order valence-corrected chi connectivity index (χ4v) is 2.22. The minimum absolute atomic E-state index is 0.185. The van der Waals surface area contributed by atoms with Crippen LogP contribution < -0.4 is 5.32 Å². The van der Waals surface area contributed by atoms with Crippen LogP contribution in [-0.4, -0.2) is 32.0 Å². The fraction of sp³-hybridized carbons (Fsp3) is 0.625. The Bertz CT molecular complexity index is 384. The average molecular weight is 234 g/mol. The number of aromatic nitrogens is 1. The SMILES string of the molecule is Cc1ncsc1CNCCS(C)(=O)=O. The number of nitrogens with one attached hydrogen (secondary N) is 1. The summed E-state index contributed by atoms with van der Waals surface area (Å²) in [5, 5.41) is 3.08.